The molecule has 2 fully saturated rings. The fourth-order valence-corrected chi connectivity index (χ4v) is 5.88. The van der Waals surface area contributed by atoms with E-state index >= 15 is 0 Å². The van der Waals surface area contributed by atoms with Gasteiger partial charge in [0.25, 0.3) is 5.91 Å². The maximum atomic E-state index is 13.5. The Hall–Kier alpha value is -1.73. The minimum atomic E-state index is -0.380. The molecule has 4 nitrogen and oxygen atoms in total. The van der Waals surface area contributed by atoms with Crippen LogP contribution in [0.15, 0.2) is 35.8 Å². The van der Waals surface area contributed by atoms with Crippen LogP contribution in [0, 0.1) is 5.82 Å². The number of carbonyl (C=O) groups excluding carboxylic acids is 1. The molecule has 3 aromatic rings. The van der Waals surface area contributed by atoms with Gasteiger partial charge in [-0.1, -0.05) is 29.3 Å². The standard InChI is InChI=1S/C22H20Cl2FN3OS/c23-18-9-13(2-4-19(18)25)14-1-3-15-12-28(7-6-27(15)11-14)22(29)17-10-26-21-16(20(17)24)5-8-30-21/h2,4-5,8-10,14-15H,1,3,6-7,11-12H2/t14-,15+/m1/s1. The molecule has 0 unspecified atom stereocenters. The summed E-state index contributed by atoms with van der Waals surface area (Å²) >= 11 is 14.0. The summed E-state index contributed by atoms with van der Waals surface area (Å²) in [6.07, 6.45) is 3.58. The molecule has 0 radical (unpaired) electrons. The van der Waals surface area contributed by atoms with E-state index in [0.29, 0.717) is 35.6 Å². The van der Waals surface area contributed by atoms with Crippen molar-refractivity contribution in [3.05, 3.63) is 62.8 Å². The van der Waals surface area contributed by atoms with Crippen molar-refractivity contribution in [2.45, 2.75) is 24.8 Å². The molecule has 0 aliphatic carbocycles. The van der Waals surface area contributed by atoms with E-state index in [2.05, 4.69) is 9.88 Å². The number of fused-ring (bicyclic) bond motifs is 2. The summed E-state index contributed by atoms with van der Waals surface area (Å²) < 4.78 is 13.5. The number of benzene rings is 1. The monoisotopic (exact) mass is 463 g/mol. The largest absolute Gasteiger partial charge is 0.336 e. The van der Waals surface area contributed by atoms with Crippen molar-refractivity contribution in [2.75, 3.05) is 26.2 Å². The molecule has 156 valence electrons. The molecule has 0 N–H and O–H groups in total. The molecule has 1 amide bonds. The number of piperazine rings is 1. The lowest BCUT2D eigenvalue weighted by atomic mass is 9.86. The first kappa shape index (κ1) is 20.2. The van der Waals surface area contributed by atoms with Crippen LogP contribution >= 0.6 is 34.5 Å². The van der Waals surface area contributed by atoms with Gasteiger partial charge in [-0.2, -0.15) is 0 Å². The minimum absolute atomic E-state index is 0.0484. The summed E-state index contributed by atoms with van der Waals surface area (Å²) in [5.74, 6) is -0.0936. The van der Waals surface area contributed by atoms with Crippen molar-refractivity contribution in [3.63, 3.8) is 0 Å². The molecule has 1 aromatic carbocycles. The number of thiophene rings is 1. The summed E-state index contributed by atoms with van der Waals surface area (Å²) in [6, 6.07) is 7.26. The number of carbonyl (C=O) groups is 1. The Morgan fingerprint density at radius 1 is 1.17 bits per heavy atom. The molecule has 2 aliphatic rings. The third-order valence-corrected chi connectivity index (χ3v) is 7.79. The Morgan fingerprint density at radius 3 is 2.87 bits per heavy atom. The maximum absolute atomic E-state index is 13.5. The van der Waals surface area contributed by atoms with Crippen LogP contribution in [-0.2, 0) is 0 Å². The van der Waals surface area contributed by atoms with Crippen LogP contribution in [0.3, 0.4) is 0 Å². The van der Waals surface area contributed by atoms with Gasteiger partial charge >= 0.3 is 0 Å². The third kappa shape index (κ3) is 3.60. The molecule has 2 saturated heterocycles. The number of piperidine rings is 1. The minimum Gasteiger partial charge on any atom is -0.336 e. The van der Waals surface area contributed by atoms with Gasteiger partial charge in [0, 0.05) is 43.8 Å². The van der Waals surface area contributed by atoms with E-state index in [-0.39, 0.29) is 16.7 Å². The highest BCUT2D eigenvalue weighted by Gasteiger charge is 2.35. The van der Waals surface area contributed by atoms with Gasteiger partial charge in [-0.25, -0.2) is 9.37 Å². The lowest BCUT2D eigenvalue weighted by Crippen LogP contribution is -2.57. The van der Waals surface area contributed by atoms with Gasteiger partial charge in [-0.3, -0.25) is 9.69 Å². The summed E-state index contributed by atoms with van der Waals surface area (Å²) in [4.78, 5) is 22.7. The number of nitrogens with zero attached hydrogens (tertiary/aromatic N) is 3. The number of pyridine rings is 1. The molecular weight excluding hydrogens is 444 g/mol. The number of amides is 1. The van der Waals surface area contributed by atoms with Gasteiger partial charge in [-0.15, -0.1) is 11.3 Å². The van der Waals surface area contributed by atoms with Crippen molar-refractivity contribution in [1.82, 2.24) is 14.8 Å². The molecule has 0 bridgehead atoms. The van der Waals surface area contributed by atoms with Crippen LogP contribution < -0.4 is 0 Å². The molecule has 2 aliphatic heterocycles. The molecule has 8 heteroatoms. The molecule has 0 spiro atoms. The van der Waals surface area contributed by atoms with Crippen molar-refractivity contribution >= 4 is 50.7 Å². The number of halogens is 3. The highest BCUT2D eigenvalue weighted by Crippen LogP contribution is 2.34. The first-order chi connectivity index (χ1) is 14.5. The fraction of sp³-hybridized carbons (Fsp3) is 0.364. The second-order valence-corrected chi connectivity index (χ2v) is 9.65. The zero-order valence-electron chi connectivity index (χ0n) is 16.2. The first-order valence-corrected chi connectivity index (χ1v) is 11.6. The van der Waals surface area contributed by atoms with Gasteiger partial charge in [0.05, 0.1) is 15.6 Å². The van der Waals surface area contributed by atoms with Crippen LogP contribution in [0.1, 0.15) is 34.7 Å². The second-order valence-electron chi connectivity index (χ2n) is 7.97. The average Bonchev–Trinajstić information content (AvgIpc) is 3.24. The second kappa shape index (κ2) is 8.08. The van der Waals surface area contributed by atoms with Crippen LogP contribution in [0.25, 0.3) is 10.2 Å². The molecule has 4 heterocycles. The number of rotatable bonds is 2. The SMILES string of the molecule is O=C(c1cnc2sccc2c1Cl)N1CCN2C[C@H](c3ccc(F)c(Cl)c3)CC[C@H]2C1. The van der Waals surface area contributed by atoms with Gasteiger partial charge in [0.15, 0.2) is 0 Å². The number of hydrogen-bond acceptors (Lipinski definition) is 4. The highest BCUT2D eigenvalue weighted by molar-refractivity contribution is 7.16. The van der Waals surface area contributed by atoms with Crippen LogP contribution in [0.2, 0.25) is 10.0 Å². The number of hydrogen-bond donors (Lipinski definition) is 0. The van der Waals surface area contributed by atoms with E-state index in [1.54, 1.807) is 12.3 Å². The molecule has 0 saturated carbocycles. The maximum Gasteiger partial charge on any atom is 0.257 e. The van der Waals surface area contributed by atoms with Crippen molar-refractivity contribution in [2.24, 2.45) is 0 Å². The lowest BCUT2D eigenvalue weighted by Gasteiger charge is -2.46. The lowest BCUT2D eigenvalue weighted by molar-refractivity contribution is 0.0329. The van der Waals surface area contributed by atoms with E-state index in [1.165, 1.54) is 17.4 Å². The molecule has 2 atom stereocenters. The van der Waals surface area contributed by atoms with E-state index in [4.69, 9.17) is 23.2 Å². The Bertz CT molecular complexity index is 1120. The molecular formula is C22H20Cl2FN3OS. The first-order valence-electron chi connectivity index (χ1n) is 10.0. The van der Waals surface area contributed by atoms with Crippen molar-refractivity contribution in [1.29, 1.82) is 0 Å². The van der Waals surface area contributed by atoms with E-state index in [1.807, 2.05) is 22.4 Å². The van der Waals surface area contributed by atoms with Crippen LogP contribution in [0.5, 0.6) is 0 Å². The van der Waals surface area contributed by atoms with Crippen molar-refractivity contribution < 1.29 is 9.18 Å². The summed E-state index contributed by atoms with van der Waals surface area (Å²) in [6.45, 7) is 3.06. The molecule has 30 heavy (non-hydrogen) atoms. The summed E-state index contributed by atoms with van der Waals surface area (Å²) in [7, 11) is 0. The average molecular weight is 464 g/mol. The Labute approximate surface area is 188 Å². The Kier molecular flexibility index (Phi) is 5.44. The van der Waals surface area contributed by atoms with Crippen LogP contribution in [-0.4, -0.2) is 52.9 Å². The van der Waals surface area contributed by atoms with Gasteiger partial charge in [0.1, 0.15) is 10.6 Å². The van der Waals surface area contributed by atoms with E-state index in [0.717, 1.165) is 41.7 Å². The van der Waals surface area contributed by atoms with Crippen LogP contribution in [0.4, 0.5) is 4.39 Å². The summed E-state index contributed by atoms with van der Waals surface area (Å²) in [5, 5.41) is 3.44. The van der Waals surface area contributed by atoms with Gasteiger partial charge < -0.3 is 4.90 Å². The molecule has 2 aromatic heterocycles. The zero-order valence-corrected chi connectivity index (χ0v) is 18.5. The molecule has 5 rings (SSSR count). The third-order valence-electron chi connectivity index (χ3n) is 6.27. The Morgan fingerprint density at radius 2 is 2.03 bits per heavy atom. The normalized spacial score (nSPS) is 22.3. The van der Waals surface area contributed by atoms with Crippen molar-refractivity contribution in [3.8, 4) is 0 Å². The predicted octanol–water partition coefficient (Wildman–Crippen LogP) is 5.45. The van der Waals surface area contributed by atoms with Gasteiger partial charge in [0.2, 0.25) is 0 Å². The topological polar surface area (TPSA) is 36.4 Å². The van der Waals surface area contributed by atoms with E-state index in [9.17, 15) is 9.18 Å². The van der Waals surface area contributed by atoms with E-state index < -0.39 is 0 Å². The predicted molar refractivity (Wildman–Crippen MR) is 119 cm³/mol. The number of aromatic nitrogens is 1. The quantitative estimate of drug-likeness (QED) is 0.507. The highest BCUT2D eigenvalue weighted by atomic mass is 35.5. The Balaban J connectivity index is 1.28. The smallest absolute Gasteiger partial charge is 0.257 e. The zero-order chi connectivity index (χ0) is 20.8. The van der Waals surface area contributed by atoms with Gasteiger partial charge in [-0.05, 0) is 47.9 Å². The fourth-order valence-electron chi connectivity index (χ4n) is 4.61. The summed E-state index contributed by atoms with van der Waals surface area (Å²) in [5.41, 5.74) is 1.56.